The Morgan fingerprint density at radius 1 is 1.29 bits per heavy atom. The Kier molecular flexibility index (Phi) is 6.02. The second kappa shape index (κ2) is 8.00. The van der Waals surface area contributed by atoms with Crippen molar-refractivity contribution in [1.82, 2.24) is 4.90 Å². The van der Waals surface area contributed by atoms with E-state index in [0.717, 1.165) is 15.8 Å². The lowest BCUT2D eigenvalue weighted by Gasteiger charge is -2.21. The summed E-state index contributed by atoms with van der Waals surface area (Å²) < 4.78 is 11.4. The number of amides is 1. The highest BCUT2D eigenvalue weighted by Gasteiger charge is 2.15. The molecule has 0 aliphatic heterocycles. The minimum atomic E-state index is 0.0609. The second-order valence-electron chi connectivity index (χ2n) is 4.69. The lowest BCUT2D eigenvalue weighted by molar-refractivity contribution is -0.132. The Bertz CT molecular complexity index is 551. The zero-order valence-corrected chi connectivity index (χ0v) is 13.5. The van der Waals surface area contributed by atoms with Crippen LogP contribution in [0.5, 0.6) is 0 Å². The minimum absolute atomic E-state index is 0.0609. The summed E-state index contributed by atoms with van der Waals surface area (Å²) >= 11 is 3.39. The molecule has 0 bridgehead atoms. The third-order valence-corrected chi connectivity index (χ3v) is 3.64. The predicted molar refractivity (Wildman–Crippen MR) is 83.8 cm³/mol. The van der Waals surface area contributed by atoms with Crippen molar-refractivity contribution in [2.24, 2.45) is 0 Å². The maximum Gasteiger partial charge on any atom is 0.227 e. The van der Waals surface area contributed by atoms with Crippen LogP contribution >= 0.6 is 15.9 Å². The maximum atomic E-state index is 12.4. The third kappa shape index (κ3) is 5.02. The molecule has 2 aromatic rings. The number of halogens is 1. The first-order valence-corrected chi connectivity index (χ1v) is 7.52. The van der Waals surface area contributed by atoms with Crippen molar-refractivity contribution in [3.8, 4) is 0 Å². The molecule has 1 amide bonds. The number of benzene rings is 1. The second-order valence-corrected chi connectivity index (χ2v) is 5.61. The fourth-order valence-corrected chi connectivity index (χ4v) is 2.24. The number of carbonyl (C=O) groups excluding carboxylic acids is 1. The summed E-state index contributed by atoms with van der Waals surface area (Å²) in [5.41, 5.74) is 0.991. The highest BCUT2D eigenvalue weighted by atomic mass is 79.9. The standard InChI is InChI=1S/C16H18BrNO3/c1-20-10-8-18(12-15-3-2-9-21-15)16(19)11-13-4-6-14(17)7-5-13/h2-7,9H,8,10-12H2,1H3. The average Bonchev–Trinajstić information content (AvgIpc) is 2.98. The molecule has 0 saturated carbocycles. The summed E-state index contributed by atoms with van der Waals surface area (Å²) in [4.78, 5) is 14.2. The lowest BCUT2D eigenvalue weighted by atomic mass is 10.1. The van der Waals surface area contributed by atoms with Crippen molar-refractivity contribution in [3.05, 3.63) is 58.5 Å². The Labute approximate surface area is 132 Å². The van der Waals surface area contributed by atoms with E-state index in [0.29, 0.717) is 26.1 Å². The molecule has 0 aliphatic carbocycles. The highest BCUT2D eigenvalue weighted by molar-refractivity contribution is 9.10. The largest absolute Gasteiger partial charge is 0.467 e. The normalized spacial score (nSPS) is 10.6. The topological polar surface area (TPSA) is 42.7 Å². The first-order valence-electron chi connectivity index (χ1n) is 6.72. The fraction of sp³-hybridized carbons (Fsp3) is 0.312. The zero-order chi connectivity index (χ0) is 15.1. The molecule has 0 N–H and O–H groups in total. The van der Waals surface area contributed by atoms with Gasteiger partial charge in [0.1, 0.15) is 5.76 Å². The number of nitrogens with zero attached hydrogens (tertiary/aromatic N) is 1. The van der Waals surface area contributed by atoms with Crippen LogP contribution in [0.25, 0.3) is 0 Å². The zero-order valence-electron chi connectivity index (χ0n) is 11.9. The number of hydrogen-bond donors (Lipinski definition) is 0. The highest BCUT2D eigenvalue weighted by Crippen LogP contribution is 2.13. The number of furan rings is 1. The van der Waals surface area contributed by atoms with Crippen LogP contribution in [-0.4, -0.2) is 31.1 Å². The van der Waals surface area contributed by atoms with E-state index in [9.17, 15) is 4.79 Å². The Hall–Kier alpha value is -1.59. The van der Waals surface area contributed by atoms with Crippen LogP contribution in [0.4, 0.5) is 0 Å². The molecule has 1 aromatic heterocycles. The van der Waals surface area contributed by atoms with Gasteiger partial charge in [-0.15, -0.1) is 0 Å². The van der Waals surface area contributed by atoms with Crippen molar-refractivity contribution < 1.29 is 13.9 Å². The van der Waals surface area contributed by atoms with Gasteiger partial charge in [0.05, 0.1) is 25.8 Å². The van der Waals surface area contributed by atoms with Crippen LogP contribution in [0.15, 0.2) is 51.6 Å². The van der Waals surface area contributed by atoms with E-state index in [4.69, 9.17) is 9.15 Å². The average molecular weight is 352 g/mol. The Morgan fingerprint density at radius 3 is 2.67 bits per heavy atom. The molecule has 112 valence electrons. The van der Waals surface area contributed by atoms with E-state index in [1.165, 1.54) is 0 Å². The quantitative estimate of drug-likeness (QED) is 0.768. The molecule has 0 saturated heterocycles. The number of methoxy groups -OCH3 is 1. The first kappa shape index (κ1) is 15.8. The molecule has 4 nitrogen and oxygen atoms in total. The van der Waals surface area contributed by atoms with Gasteiger partial charge in [-0.3, -0.25) is 4.79 Å². The van der Waals surface area contributed by atoms with E-state index >= 15 is 0 Å². The molecule has 1 heterocycles. The van der Waals surface area contributed by atoms with Gasteiger partial charge in [-0.25, -0.2) is 0 Å². The van der Waals surface area contributed by atoms with Crippen molar-refractivity contribution in [1.29, 1.82) is 0 Å². The van der Waals surface area contributed by atoms with E-state index in [2.05, 4.69) is 15.9 Å². The molecule has 5 heteroatoms. The van der Waals surface area contributed by atoms with E-state index in [1.807, 2.05) is 36.4 Å². The van der Waals surface area contributed by atoms with Crippen LogP contribution in [-0.2, 0) is 22.5 Å². The maximum absolute atomic E-state index is 12.4. The van der Waals surface area contributed by atoms with Crippen molar-refractivity contribution in [2.45, 2.75) is 13.0 Å². The smallest absolute Gasteiger partial charge is 0.227 e. The van der Waals surface area contributed by atoms with Gasteiger partial charge in [-0.1, -0.05) is 28.1 Å². The SMILES string of the molecule is COCCN(Cc1ccco1)C(=O)Cc1ccc(Br)cc1. The number of hydrogen-bond acceptors (Lipinski definition) is 3. The summed E-state index contributed by atoms with van der Waals surface area (Å²) in [6.45, 7) is 1.52. The first-order chi connectivity index (χ1) is 10.2. The van der Waals surface area contributed by atoms with Crippen molar-refractivity contribution in [2.75, 3.05) is 20.3 Å². The van der Waals surface area contributed by atoms with Gasteiger partial charge in [-0.2, -0.15) is 0 Å². The van der Waals surface area contributed by atoms with E-state index in [-0.39, 0.29) is 5.91 Å². The van der Waals surface area contributed by atoms with Crippen molar-refractivity contribution >= 4 is 21.8 Å². The van der Waals surface area contributed by atoms with Gasteiger partial charge < -0.3 is 14.1 Å². The van der Waals surface area contributed by atoms with Gasteiger partial charge >= 0.3 is 0 Å². The molecule has 1 aromatic carbocycles. The van der Waals surface area contributed by atoms with Crippen LogP contribution in [0.2, 0.25) is 0 Å². The molecular weight excluding hydrogens is 334 g/mol. The van der Waals surface area contributed by atoms with Gasteiger partial charge in [0.2, 0.25) is 5.91 Å². The van der Waals surface area contributed by atoms with Crippen LogP contribution < -0.4 is 0 Å². The van der Waals surface area contributed by atoms with Crippen LogP contribution in [0, 0.1) is 0 Å². The molecule has 0 fully saturated rings. The molecule has 0 aliphatic rings. The summed E-state index contributed by atoms with van der Waals surface area (Å²) in [7, 11) is 1.63. The van der Waals surface area contributed by atoms with Crippen LogP contribution in [0.1, 0.15) is 11.3 Å². The Balaban J connectivity index is 2.00. The molecule has 2 rings (SSSR count). The minimum Gasteiger partial charge on any atom is -0.467 e. The van der Waals surface area contributed by atoms with Gasteiger partial charge in [0.25, 0.3) is 0 Å². The predicted octanol–water partition coefficient (Wildman–Crippen LogP) is 3.26. The summed E-state index contributed by atoms with van der Waals surface area (Å²) in [5.74, 6) is 0.834. The molecular formula is C16H18BrNO3. The molecule has 0 spiro atoms. The number of ether oxygens (including phenoxy) is 1. The summed E-state index contributed by atoms with van der Waals surface area (Å²) in [5, 5.41) is 0. The van der Waals surface area contributed by atoms with E-state index in [1.54, 1.807) is 18.3 Å². The van der Waals surface area contributed by atoms with Gasteiger partial charge in [-0.05, 0) is 29.8 Å². The summed E-state index contributed by atoms with van der Waals surface area (Å²) in [6, 6.07) is 11.5. The molecule has 0 unspecified atom stereocenters. The molecule has 0 radical (unpaired) electrons. The van der Waals surface area contributed by atoms with Crippen molar-refractivity contribution in [3.63, 3.8) is 0 Å². The molecule has 21 heavy (non-hydrogen) atoms. The van der Waals surface area contributed by atoms with E-state index < -0.39 is 0 Å². The van der Waals surface area contributed by atoms with Gasteiger partial charge in [0.15, 0.2) is 0 Å². The summed E-state index contributed by atoms with van der Waals surface area (Å²) in [6.07, 6.45) is 1.99. The lowest BCUT2D eigenvalue weighted by Crippen LogP contribution is -2.34. The van der Waals surface area contributed by atoms with Crippen LogP contribution in [0.3, 0.4) is 0 Å². The molecule has 0 atom stereocenters. The third-order valence-electron chi connectivity index (χ3n) is 3.11. The number of carbonyl (C=O) groups is 1. The Morgan fingerprint density at radius 2 is 2.05 bits per heavy atom. The monoisotopic (exact) mass is 351 g/mol. The fourth-order valence-electron chi connectivity index (χ4n) is 1.97. The number of rotatable bonds is 7. The van der Waals surface area contributed by atoms with Gasteiger partial charge in [0, 0.05) is 18.1 Å².